The number of hydrogen-bond acceptors (Lipinski definition) is 4. The second-order valence-electron chi connectivity index (χ2n) is 4.28. The molecule has 4 nitrogen and oxygen atoms in total. The summed E-state index contributed by atoms with van der Waals surface area (Å²) in [5.74, 6) is 0.344. The Bertz CT molecular complexity index is 339. The summed E-state index contributed by atoms with van der Waals surface area (Å²) < 4.78 is 16.1. The van der Waals surface area contributed by atoms with E-state index in [4.69, 9.17) is 13.8 Å². The molecule has 0 bridgehead atoms. The first-order valence-electron chi connectivity index (χ1n) is 6.78. The summed E-state index contributed by atoms with van der Waals surface area (Å²) in [7, 11) is -0.164. The molecular weight excluding hydrogens is 275 g/mol. The van der Waals surface area contributed by atoms with Crippen molar-refractivity contribution in [3.05, 3.63) is 37.1 Å². The number of carbonyl (C=O) groups excluding carboxylic acids is 1. The standard InChI is InChI=1S/C15H25O4P/c1-6-10-13(8-3)18-20-19-14(9-4)11-17-15(16)12(5)7-2/h6,8,10,12,14,20H,1,3,7,9,11H2,2,4-5H3/b13-10+. The molecule has 3 atom stereocenters. The van der Waals surface area contributed by atoms with Gasteiger partial charge in [-0.3, -0.25) is 4.79 Å². The summed E-state index contributed by atoms with van der Waals surface area (Å²) in [5, 5.41) is 0. The van der Waals surface area contributed by atoms with Crippen LogP contribution in [0.4, 0.5) is 0 Å². The molecule has 0 fully saturated rings. The van der Waals surface area contributed by atoms with Crippen LogP contribution in [0, 0.1) is 5.92 Å². The van der Waals surface area contributed by atoms with Gasteiger partial charge in [0.25, 0.3) is 0 Å². The molecule has 3 unspecified atom stereocenters. The van der Waals surface area contributed by atoms with Gasteiger partial charge in [0.15, 0.2) is 0 Å². The van der Waals surface area contributed by atoms with E-state index in [0.29, 0.717) is 5.76 Å². The quantitative estimate of drug-likeness (QED) is 0.249. The normalized spacial score (nSPS) is 14.8. The van der Waals surface area contributed by atoms with Crippen molar-refractivity contribution < 1.29 is 18.6 Å². The van der Waals surface area contributed by atoms with Crippen LogP contribution in [0.25, 0.3) is 0 Å². The first kappa shape index (κ1) is 18.9. The summed E-state index contributed by atoms with van der Waals surface area (Å²) in [5.41, 5.74) is 0. The zero-order valence-electron chi connectivity index (χ0n) is 12.6. The van der Waals surface area contributed by atoms with Gasteiger partial charge in [-0.15, -0.1) is 0 Å². The molecule has 0 radical (unpaired) electrons. The van der Waals surface area contributed by atoms with Gasteiger partial charge in [0.1, 0.15) is 12.4 Å². The summed E-state index contributed by atoms with van der Waals surface area (Å²) in [4.78, 5) is 11.6. The average molecular weight is 300 g/mol. The maximum Gasteiger partial charge on any atom is 0.308 e. The predicted octanol–water partition coefficient (Wildman–Crippen LogP) is 4.15. The maximum atomic E-state index is 11.6. The number of ether oxygens (including phenoxy) is 1. The fraction of sp³-hybridized carbons (Fsp3) is 0.533. The van der Waals surface area contributed by atoms with Gasteiger partial charge < -0.3 is 13.8 Å². The smallest absolute Gasteiger partial charge is 0.308 e. The van der Waals surface area contributed by atoms with E-state index in [-0.39, 0.29) is 33.6 Å². The number of rotatable bonds is 11. The minimum Gasteiger partial charge on any atom is -0.463 e. The molecule has 5 heteroatoms. The Hall–Kier alpha value is -1.12. The van der Waals surface area contributed by atoms with E-state index < -0.39 is 0 Å². The lowest BCUT2D eigenvalue weighted by molar-refractivity contribution is -0.150. The van der Waals surface area contributed by atoms with E-state index in [1.807, 2.05) is 20.8 Å². The van der Waals surface area contributed by atoms with E-state index in [1.165, 1.54) is 0 Å². The van der Waals surface area contributed by atoms with Crippen molar-refractivity contribution in [2.45, 2.75) is 39.7 Å². The number of carbonyl (C=O) groups is 1. The fourth-order valence-corrected chi connectivity index (χ4v) is 1.79. The lowest BCUT2D eigenvalue weighted by atomic mass is 10.1. The molecule has 0 amide bonds. The zero-order chi connectivity index (χ0) is 15.4. The molecule has 0 saturated heterocycles. The fourth-order valence-electron chi connectivity index (χ4n) is 1.12. The largest absolute Gasteiger partial charge is 0.463 e. The first-order chi connectivity index (χ1) is 9.58. The molecule has 114 valence electrons. The molecule has 0 N–H and O–H groups in total. The van der Waals surface area contributed by atoms with Crippen molar-refractivity contribution in [2.24, 2.45) is 5.92 Å². The minimum absolute atomic E-state index is 0.0749. The molecule has 0 rings (SSSR count). The maximum absolute atomic E-state index is 11.6. The van der Waals surface area contributed by atoms with E-state index in [9.17, 15) is 4.79 Å². The van der Waals surface area contributed by atoms with Crippen molar-refractivity contribution in [1.82, 2.24) is 0 Å². The van der Waals surface area contributed by atoms with Crippen LogP contribution in [0.2, 0.25) is 0 Å². The van der Waals surface area contributed by atoms with Gasteiger partial charge in [0.2, 0.25) is 9.03 Å². The third-order valence-corrected chi connectivity index (χ3v) is 3.49. The zero-order valence-corrected chi connectivity index (χ0v) is 13.6. The second-order valence-corrected chi connectivity index (χ2v) is 4.89. The first-order valence-corrected chi connectivity index (χ1v) is 7.59. The molecule has 0 saturated carbocycles. The Morgan fingerprint density at radius 1 is 1.30 bits per heavy atom. The van der Waals surface area contributed by atoms with Gasteiger partial charge in [0, 0.05) is 0 Å². The van der Waals surface area contributed by atoms with Gasteiger partial charge in [-0.05, 0) is 25.0 Å². The van der Waals surface area contributed by atoms with E-state index >= 15 is 0 Å². The number of esters is 1. The molecule has 0 heterocycles. The molecule has 0 aromatic carbocycles. The van der Waals surface area contributed by atoms with Gasteiger partial charge in [-0.2, -0.15) is 0 Å². The molecule has 0 aromatic rings. The minimum atomic E-state index is -0.183. The van der Waals surface area contributed by atoms with Crippen LogP contribution in [0.5, 0.6) is 0 Å². The Morgan fingerprint density at radius 2 is 2.00 bits per heavy atom. The van der Waals surface area contributed by atoms with Gasteiger partial charge >= 0.3 is 5.97 Å². The summed E-state index contributed by atoms with van der Waals surface area (Å²) >= 11 is 0. The Kier molecular flexibility index (Phi) is 11.0. The highest BCUT2D eigenvalue weighted by atomic mass is 31.1. The molecule has 0 aliphatic rings. The summed E-state index contributed by atoms with van der Waals surface area (Å²) in [6.07, 6.45) is 6.27. The van der Waals surface area contributed by atoms with Crippen LogP contribution in [-0.2, 0) is 18.6 Å². The topological polar surface area (TPSA) is 44.8 Å². The molecule has 0 aromatic heterocycles. The van der Waals surface area contributed by atoms with Crippen LogP contribution in [0.3, 0.4) is 0 Å². The van der Waals surface area contributed by atoms with Crippen molar-refractivity contribution in [3.8, 4) is 0 Å². The highest BCUT2D eigenvalue weighted by Gasteiger charge is 2.15. The highest BCUT2D eigenvalue weighted by Crippen LogP contribution is 2.23. The lowest BCUT2D eigenvalue weighted by Gasteiger charge is -2.17. The average Bonchev–Trinajstić information content (AvgIpc) is 2.48. The Labute approximate surface area is 123 Å². The molecular formula is C15H25O4P. The van der Waals surface area contributed by atoms with Crippen LogP contribution < -0.4 is 0 Å². The lowest BCUT2D eigenvalue weighted by Crippen LogP contribution is -2.22. The molecule has 0 aliphatic heterocycles. The van der Waals surface area contributed by atoms with E-state index in [2.05, 4.69) is 13.2 Å². The van der Waals surface area contributed by atoms with Crippen molar-refractivity contribution in [3.63, 3.8) is 0 Å². The van der Waals surface area contributed by atoms with E-state index in [0.717, 1.165) is 12.8 Å². The highest BCUT2D eigenvalue weighted by molar-refractivity contribution is 7.26. The summed E-state index contributed by atoms with van der Waals surface area (Å²) in [6, 6.07) is 0. The van der Waals surface area contributed by atoms with Gasteiger partial charge in [-0.1, -0.05) is 40.0 Å². The van der Waals surface area contributed by atoms with Crippen LogP contribution >= 0.6 is 9.03 Å². The Balaban J connectivity index is 4.04. The van der Waals surface area contributed by atoms with Crippen molar-refractivity contribution in [1.29, 1.82) is 0 Å². The predicted molar refractivity (Wildman–Crippen MR) is 83.5 cm³/mol. The number of allylic oxidation sites excluding steroid dienone is 3. The van der Waals surface area contributed by atoms with Crippen LogP contribution in [0.15, 0.2) is 37.1 Å². The van der Waals surface area contributed by atoms with Crippen LogP contribution in [-0.4, -0.2) is 18.7 Å². The van der Waals surface area contributed by atoms with E-state index in [1.54, 1.807) is 18.2 Å². The van der Waals surface area contributed by atoms with Crippen molar-refractivity contribution >= 4 is 15.0 Å². The third kappa shape index (κ3) is 8.13. The van der Waals surface area contributed by atoms with Crippen molar-refractivity contribution in [2.75, 3.05) is 6.61 Å². The molecule has 20 heavy (non-hydrogen) atoms. The molecule has 0 aliphatic carbocycles. The second kappa shape index (κ2) is 11.7. The SMILES string of the molecule is C=C/C=C(\C=C)OPOC(CC)COC(=O)C(C)CC. The van der Waals surface area contributed by atoms with Gasteiger partial charge in [0.05, 0.1) is 12.0 Å². The Morgan fingerprint density at radius 3 is 2.50 bits per heavy atom. The third-order valence-electron chi connectivity index (χ3n) is 2.74. The summed E-state index contributed by atoms with van der Waals surface area (Å²) in [6.45, 7) is 13.2. The molecule has 0 spiro atoms. The van der Waals surface area contributed by atoms with Crippen LogP contribution in [0.1, 0.15) is 33.6 Å². The monoisotopic (exact) mass is 300 g/mol. The van der Waals surface area contributed by atoms with Gasteiger partial charge in [-0.25, -0.2) is 0 Å². The number of hydrogen-bond donors (Lipinski definition) is 0.